The van der Waals surface area contributed by atoms with Crippen molar-refractivity contribution in [1.29, 1.82) is 0 Å². The van der Waals surface area contributed by atoms with Crippen LogP contribution in [-0.2, 0) is 4.74 Å². The molecule has 3 atom stereocenters. The van der Waals surface area contributed by atoms with Gasteiger partial charge in [0.25, 0.3) is 5.54 Å². The Hall–Kier alpha value is -1.74. The van der Waals surface area contributed by atoms with Crippen LogP contribution in [0.4, 0.5) is 0 Å². The van der Waals surface area contributed by atoms with Gasteiger partial charge in [-0.2, -0.15) is 0 Å². The first-order valence-corrected chi connectivity index (χ1v) is 6.41. The third-order valence-electron chi connectivity index (χ3n) is 4.06. The lowest BCUT2D eigenvalue weighted by molar-refractivity contribution is -0.927. The van der Waals surface area contributed by atoms with Crippen molar-refractivity contribution in [3.8, 4) is 0 Å². The number of piperidine rings is 1. The first-order chi connectivity index (χ1) is 9.36. The summed E-state index contributed by atoms with van der Waals surface area (Å²) in [5, 5.41) is 31.7. The molecule has 1 fully saturated rings. The normalized spacial score (nSPS) is 36.1. The molecule has 2 N–H and O–H groups in total. The van der Waals surface area contributed by atoms with Crippen LogP contribution in [0.1, 0.15) is 12.8 Å². The van der Waals surface area contributed by atoms with Crippen molar-refractivity contribution >= 4 is 0 Å². The lowest BCUT2D eigenvalue weighted by Gasteiger charge is -2.42. The summed E-state index contributed by atoms with van der Waals surface area (Å²) in [6, 6.07) is 0. The average molecular weight is 288 g/mol. The number of ether oxygens (including phenoxy) is 1. The molecule has 2 bridgehead atoms. The first kappa shape index (κ1) is 14.7. The Kier molecular flexibility index (Phi) is 3.65. The Morgan fingerprint density at radius 3 is 2.65 bits per heavy atom. The monoisotopic (exact) mass is 288 g/mol. The molecule has 0 radical (unpaired) electrons. The molecule has 1 saturated heterocycles. The topological polar surface area (TPSA) is 120 Å². The van der Waals surface area contributed by atoms with E-state index in [2.05, 4.69) is 0 Å². The van der Waals surface area contributed by atoms with Crippen molar-refractivity contribution in [3.63, 3.8) is 0 Å². The van der Waals surface area contributed by atoms with Crippen LogP contribution in [0.2, 0.25) is 0 Å². The van der Waals surface area contributed by atoms with Crippen LogP contribution < -0.4 is 4.90 Å². The molecule has 1 aliphatic heterocycles. The smallest absolute Gasteiger partial charge is 0.331 e. The summed E-state index contributed by atoms with van der Waals surface area (Å²) in [5.41, 5.74) is -2.87. The molecule has 3 unspecified atom stereocenters. The number of likely N-dealkylation sites (tertiary alicyclic amines) is 1. The van der Waals surface area contributed by atoms with Gasteiger partial charge in [0, 0.05) is 16.3 Å². The van der Waals surface area contributed by atoms with Crippen molar-refractivity contribution in [3.05, 3.63) is 32.1 Å². The predicted octanol–water partition coefficient (Wildman–Crippen LogP) is -1.77. The molecule has 20 heavy (non-hydrogen) atoms. The van der Waals surface area contributed by atoms with Gasteiger partial charge in [0.05, 0.1) is 13.7 Å². The second kappa shape index (κ2) is 4.98. The Bertz CT molecular complexity index is 467. The first-order valence-electron chi connectivity index (χ1n) is 6.41. The molecule has 9 heteroatoms. The number of hydrogen-bond acceptors (Lipinski definition) is 6. The van der Waals surface area contributed by atoms with Crippen LogP contribution >= 0.6 is 0 Å². The van der Waals surface area contributed by atoms with E-state index in [1.54, 1.807) is 7.05 Å². The number of quaternary nitrogens is 1. The van der Waals surface area contributed by atoms with Gasteiger partial charge in [-0.3, -0.25) is 20.2 Å². The summed E-state index contributed by atoms with van der Waals surface area (Å²) in [4.78, 5) is 22.8. The van der Waals surface area contributed by atoms with Gasteiger partial charge in [-0.15, -0.1) is 0 Å². The number of nitro groups is 2. The van der Waals surface area contributed by atoms with Crippen molar-refractivity contribution in [1.82, 2.24) is 0 Å². The molecule has 0 aromatic rings. The van der Waals surface area contributed by atoms with Crippen molar-refractivity contribution in [2.45, 2.75) is 23.9 Å². The van der Waals surface area contributed by atoms with Crippen LogP contribution in [0.5, 0.6) is 0 Å². The lowest BCUT2D eigenvalue weighted by atomic mass is 9.71. The van der Waals surface area contributed by atoms with Gasteiger partial charge in [0.2, 0.25) is 0 Å². The van der Waals surface area contributed by atoms with Gasteiger partial charge in [0.15, 0.2) is 12.3 Å². The fourth-order valence-corrected chi connectivity index (χ4v) is 3.36. The molecule has 0 spiro atoms. The van der Waals surface area contributed by atoms with E-state index in [0.717, 1.165) is 4.90 Å². The van der Waals surface area contributed by atoms with Crippen LogP contribution in [0.25, 0.3) is 0 Å². The Balaban J connectivity index is 2.44. The lowest BCUT2D eigenvalue weighted by Crippen LogP contribution is -3.16. The molecule has 0 aromatic heterocycles. The largest absolute Gasteiger partial charge is 0.488 e. The quantitative estimate of drug-likeness (QED) is 0.456. The van der Waals surface area contributed by atoms with E-state index in [4.69, 9.17) is 9.84 Å². The summed E-state index contributed by atoms with van der Waals surface area (Å²) < 4.78 is 5.29. The highest BCUT2D eigenvalue weighted by atomic mass is 16.6. The highest BCUT2D eigenvalue weighted by Gasteiger charge is 2.68. The number of aliphatic hydroxyl groups is 1. The summed E-state index contributed by atoms with van der Waals surface area (Å²) in [7, 11) is 1.71. The number of nitrogens with zero attached hydrogens (tertiary/aromatic N) is 2. The second-order valence-electron chi connectivity index (χ2n) is 5.60. The van der Waals surface area contributed by atoms with Crippen molar-refractivity contribution in [2.24, 2.45) is 0 Å². The van der Waals surface area contributed by atoms with E-state index in [1.165, 1.54) is 6.08 Å². The molecule has 0 aromatic carbocycles. The number of rotatable bonds is 5. The van der Waals surface area contributed by atoms with E-state index in [1.807, 2.05) is 0 Å². The number of aliphatic hydroxyl groups excluding tert-OH is 1. The third kappa shape index (κ3) is 2.12. The fraction of sp³-hybridized carbons (Fsp3) is 0.818. The zero-order valence-electron chi connectivity index (χ0n) is 11.2. The summed E-state index contributed by atoms with van der Waals surface area (Å²) in [5.74, 6) is 0.146. The molecule has 2 aliphatic rings. The van der Waals surface area contributed by atoms with Gasteiger partial charge in [-0.05, 0) is 6.08 Å². The van der Waals surface area contributed by atoms with Gasteiger partial charge in [-0.1, -0.05) is 0 Å². The molecule has 1 heterocycles. The molecular formula is C11H18N3O6+. The summed E-state index contributed by atoms with van der Waals surface area (Å²) >= 11 is 0. The van der Waals surface area contributed by atoms with Crippen LogP contribution in [0.3, 0.4) is 0 Å². The summed E-state index contributed by atoms with van der Waals surface area (Å²) in [6.07, 6.45) is 1.42. The highest BCUT2D eigenvalue weighted by Crippen LogP contribution is 2.40. The number of likely N-dealkylation sites (N-methyl/N-ethyl adjacent to an activating group) is 1. The Morgan fingerprint density at radius 1 is 1.40 bits per heavy atom. The molecule has 1 aliphatic carbocycles. The molecule has 0 saturated carbocycles. The van der Waals surface area contributed by atoms with E-state index < -0.39 is 20.9 Å². The van der Waals surface area contributed by atoms with Gasteiger partial charge < -0.3 is 14.7 Å². The maximum atomic E-state index is 11.6. The predicted molar refractivity (Wildman–Crippen MR) is 66.4 cm³/mol. The van der Waals surface area contributed by atoms with Crippen molar-refractivity contribution in [2.75, 3.05) is 33.4 Å². The van der Waals surface area contributed by atoms with Gasteiger partial charge in [-0.25, -0.2) is 0 Å². The maximum Gasteiger partial charge on any atom is 0.331 e. The van der Waals surface area contributed by atoms with E-state index in [-0.39, 0.29) is 44.9 Å². The van der Waals surface area contributed by atoms with Gasteiger partial charge in [0.1, 0.15) is 19.6 Å². The Morgan fingerprint density at radius 2 is 2.10 bits per heavy atom. The molecule has 2 rings (SSSR count). The van der Waals surface area contributed by atoms with Gasteiger partial charge >= 0.3 is 5.54 Å². The molecule has 112 valence electrons. The van der Waals surface area contributed by atoms with Crippen LogP contribution in [0, 0.1) is 20.2 Å². The average Bonchev–Trinajstić information content (AvgIpc) is 2.37. The molecular weight excluding hydrogens is 270 g/mol. The third-order valence-corrected chi connectivity index (χ3v) is 4.06. The number of hydrogen-bond donors (Lipinski definition) is 2. The summed E-state index contributed by atoms with van der Waals surface area (Å²) in [6.45, 7) is 0.104. The SMILES string of the molecule is C[NH+]1CC2([N+](=O)[O-])CC=C(OCCO)C([N+](=O)[O-])(C1)C2. The van der Waals surface area contributed by atoms with Crippen molar-refractivity contribution < 1.29 is 24.6 Å². The maximum absolute atomic E-state index is 11.6. The number of fused-ring (bicyclic) bond motifs is 2. The zero-order valence-corrected chi connectivity index (χ0v) is 11.2. The number of nitrogens with one attached hydrogen (secondary N) is 1. The van der Waals surface area contributed by atoms with E-state index in [9.17, 15) is 20.2 Å². The van der Waals surface area contributed by atoms with Crippen LogP contribution in [0.15, 0.2) is 11.8 Å². The standard InChI is InChI=1S/C11H17N3O6/c1-12-7-10(13(16)17)3-2-9(20-5-4-15)11(6-10,8-12)14(18)19/h2,15H,3-8H2,1H3/p+1. The van der Waals surface area contributed by atoms with E-state index in [0.29, 0.717) is 0 Å². The zero-order chi connectivity index (χ0) is 15.0. The van der Waals surface area contributed by atoms with E-state index >= 15 is 0 Å². The minimum atomic E-state index is -1.57. The minimum absolute atomic E-state index is 0.0497. The molecule has 0 amide bonds. The minimum Gasteiger partial charge on any atom is -0.488 e. The Labute approximate surface area is 115 Å². The van der Waals surface area contributed by atoms with Crippen LogP contribution in [-0.4, -0.2) is 59.4 Å². The second-order valence-corrected chi connectivity index (χ2v) is 5.60. The fourth-order valence-electron chi connectivity index (χ4n) is 3.36. The highest BCUT2D eigenvalue weighted by molar-refractivity contribution is 5.20. The molecule has 9 nitrogen and oxygen atoms in total.